The lowest BCUT2D eigenvalue weighted by atomic mass is 9.91. The van der Waals surface area contributed by atoms with E-state index in [0.717, 1.165) is 29.7 Å². The Balaban J connectivity index is 1.61. The predicted molar refractivity (Wildman–Crippen MR) is 153 cm³/mol. The first-order valence-corrected chi connectivity index (χ1v) is 14.8. The van der Waals surface area contributed by atoms with Crippen molar-refractivity contribution in [3.63, 3.8) is 0 Å². The van der Waals surface area contributed by atoms with Crippen LogP contribution in [-0.4, -0.2) is 24.2 Å². The van der Waals surface area contributed by atoms with E-state index in [2.05, 4.69) is 61.2 Å². The fourth-order valence-electron chi connectivity index (χ4n) is 4.39. The van der Waals surface area contributed by atoms with E-state index in [1.54, 1.807) is 0 Å². The number of hydrogen-bond donors (Lipinski definition) is 1. The first-order chi connectivity index (χ1) is 17.0. The van der Waals surface area contributed by atoms with Gasteiger partial charge >= 0.3 is 0 Å². The van der Waals surface area contributed by atoms with Crippen LogP contribution in [0.4, 0.5) is 0 Å². The fraction of sp³-hybridized carbons (Fsp3) is 0.367. The zero-order valence-electron chi connectivity index (χ0n) is 21.4. The van der Waals surface area contributed by atoms with Gasteiger partial charge in [0.25, 0.3) is 0 Å². The number of benzene rings is 3. The van der Waals surface area contributed by atoms with Crippen LogP contribution in [0.5, 0.6) is 5.75 Å². The normalized spacial score (nSPS) is 10.9. The molecule has 0 unspecified atom stereocenters. The van der Waals surface area contributed by atoms with Crippen LogP contribution in [-0.2, 0) is 24.2 Å². The molecular weight excluding hydrogens is 470 g/mol. The van der Waals surface area contributed by atoms with Crippen LogP contribution in [0.3, 0.4) is 0 Å². The summed E-state index contributed by atoms with van der Waals surface area (Å²) in [5.41, 5.74) is 8.98. The summed E-state index contributed by atoms with van der Waals surface area (Å²) < 4.78 is 8.82. The van der Waals surface area contributed by atoms with Crippen molar-refractivity contribution >= 4 is 29.6 Å². The number of amides is 1. The van der Waals surface area contributed by atoms with Gasteiger partial charge in [-0.15, -0.1) is 0 Å². The molecular formula is C30H37NO2S2. The third-order valence-electron chi connectivity index (χ3n) is 6.06. The van der Waals surface area contributed by atoms with Crippen LogP contribution in [0.1, 0.15) is 47.1 Å². The van der Waals surface area contributed by atoms with Gasteiger partial charge in [-0.3, -0.25) is 4.79 Å². The molecule has 1 N–H and O–H groups in total. The Hall–Kier alpha value is -2.37. The summed E-state index contributed by atoms with van der Waals surface area (Å²) in [7, 11) is 0. The highest BCUT2D eigenvalue weighted by atomic mass is 32.2. The van der Waals surface area contributed by atoms with E-state index in [-0.39, 0.29) is 5.91 Å². The average molecular weight is 508 g/mol. The van der Waals surface area contributed by atoms with Gasteiger partial charge in [0.2, 0.25) is 5.91 Å². The molecule has 5 heteroatoms. The number of hydrogen-bond acceptors (Lipinski definition) is 4. The molecule has 3 aromatic rings. The molecule has 0 aliphatic carbocycles. The highest BCUT2D eigenvalue weighted by Gasteiger charge is 2.09. The second-order valence-corrected chi connectivity index (χ2v) is 10.5. The number of aryl methyl sites for hydroxylation is 4. The lowest BCUT2D eigenvalue weighted by Gasteiger charge is -2.15. The minimum absolute atomic E-state index is 0.0592. The van der Waals surface area contributed by atoms with Crippen LogP contribution in [0.15, 0.2) is 60.7 Å². The molecule has 0 aromatic heterocycles. The molecule has 0 atom stereocenters. The third kappa shape index (κ3) is 8.66. The van der Waals surface area contributed by atoms with Crippen LogP contribution in [0.25, 0.3) is 11.1 Å². The fourth-order valence-corrected chi connectivity index (χ4v) is 5.21. The van der Waals surface area contributed by atoms with Crippen LogP contribution in [0.2, 0.25) is 0 Å². The van der Waals surface area contributed by atoms with Crippen molar-refractivity contribution in [3.05, 3.63) is 88.5 Å². The van der Waals surface area contributed by atoms with Crippen molar-refractivity contribution in [2.75, 3.05) is 18.3 Å². The van der Waals surface area contributed by atoms with Crippen LogP contribution in [0, 0.1) is 13.8 Å². The second-order valence-electron chi connectivity index (χ2n) is 8.92. The number of nitrogens with one attached hydrogen (secondary N) is 1. The number of ether oxygens (including phenoxy) is 1. The van der Waals surface area contributed by atoms with E-state index in [1.165, 1.54) is 58.4 Å². The molecule has 0 radical (unpaired) electrons. The molecule has 0 aliphatic rings. The lowest BCUT2D eigenvalue weighted by Crippen LogP contribution is -2.15. The average Bonchev–Trinajstić information content (AvgIpc) is 2.85. The zero-order valence-corrected chi connectivity index (χ0v) is 23.0. The van der Waals surface area contributed by atoms with Gasteiger partial charge in [0, 0.05) is 12.7 Å². The standard InChI is InChI=1S/C30H37NO2S2/c1-22-18-25(8-5-6-17-34-3)19-23(2)30(22)27-10-7-9-26(20-27)21-33-28-14-11-24(12-15-28)13-16-29(32)31-35-4/h7,9-12,14-15,18-20H,5-6,8,13,16-17,21H2,1-4H3,(H,31,32). The van der Waals surface area contributed by atoms with E-state index in [9.17, 15) is 4.79 Å². The largest absolute Gasteiger partial charge is 0.489 e. The molecule has 1 amide bonds. The van der Waals surface area contributed by atoms with Crippen molar-refractivity contribution in [1.29, 1.82) is 0 Å². The monoisotopic (exact) mass is 507 g/mol. The SMILES string of the molecule is CSCCCCc1cc(C)c(-c2cccc(COc3ccc(CCC(=O)NSC)cc3)c2)c(C)c1. The summed E-state index contributed by atoms with van der Waals surface area (Å²) in [5.74, 6) is 2.14. The molecule has 3 aromatic carbocycles. The topological polar surface area (TPSA) is 38.3 Å². The molecule has 3 nitrogen and oxygen atoms in total. The van der Waals surface area contributed by atoms with E-state index in [1.807, 2.05) is 42.3 Å². The molecule has 35 heavy (non-hydrogen) atoms. The maximum atomic E-state index is 11.6. The summed E-state index contributed by atoms with van der Waals surface area (Å²) >= 11 is 3.26. The van der Waals surface area contributed by atoms with E-state index in [4.69, 9.17) is 4.74 Å². The minimum Gasteiger partial charge on any atom is -0.489 e. The van der Waals surface area contributed by atoms with Crippen LogP contribution < -0.4 is 9.46 Å². The first-order valence-electron chi connectivity index (χ1n) is 12.2. The number of unbranched alkanes of at least 4 members (excludes halogenated alkanes) is 1. The Bertz CT molecular complexity index is 1070. The smallest absolute Gasteiger partial charge is 0.230 e. The molecule has 0 fully saturated rings. The van der Waals surface area contributed by atoms with Crippen molar-refractivity contribution in [2.45, 2.75) is 52.6 Å². The summed E-state index contributed by atoms with van der Waals surface area (Å²) in [4.78, 5) is 11.6. The number of rotatable bonds is 13. The minimum atomic E-state index is 0.0592. The predicted octanol–water partition coefficient (Wildman–Crippen LogP) is 7.56. The first kappa shape index (κ1) is 27.2. The maximum absolute atomic E-state index is 11.6. The summed E-state index contributed by atoms with van der Waals surface area (Å²) in [6, 6.07) is 21.4. The highest BCUT2D eigenvalue weighted by molar-refractivity contribution is 7.98. The molecule has 3 rings (SSSR count). The molecule has 0 bridgehead atoms. The van der Waals surface area contributed by atoms with Gasteiger partial charge in [-0.1, -0.05) is 54.4 Å². The van der Waals surface area contributed by atoms with E-state index >= 15 is 0 Å². The summed E-state index contributed by atoms with van der Waals surface area (Å²) in [6.07, 6.45) is 8.93. The molecule has 0 saturated heterocycles. The summed E-state index contributed by atoms with van der Waals surface area (Å²) in [5, 5.41) is 0. The second kappa shape index (κ2) is 14.3. The molecule has 0 heterocycles. The Morgan fingerprint density at radius 2 is 1.60 bits per heavy atom. The number of carbonyl (C=O) groups excluding carboxylic acids is 1. The van der Waals surface area contributed by atoms with Gasteiger partial charge in [0.05, 0.1) is 0 Å². The van der Waals surface area contributed by atoms with E-state index in [0.29, 0.717) is 13.0 Å². The lowest BCUT2D eigenvalue weighted by molar-refractivity contribution is -0.119. The van der Waals surface area contributed by atoms with Crippen LogP contribution >= 0.6 is 23.7 Å². The Morgan fingerprint density at radius 1 is 0.857 bits per heavy atom. The summed E-state index contributed by atoms with van der Waals surface area (Å²) in [6.45, 7) is 4.97. The van der Waals surface area contributed by atoms with Gasteiger partial charge in [0.15, 0.2) is 0 Å². The van der Waals surface area contributed by atoms with E-state index < -0.39 is 0 Å². The molecule has 0 aliphatic heterocycles. The Labute approximate surface area is 219 Å². The van der Waals surface area contributed by atoms with Gasteiger partial charge in [0.1, 0.15) is 12.4 Å². The van der Waals surface area contributed by atoms with Crippen molar-refractivity contribution in [1.82, 2.24) is 4.72 Å². The molecule has 0 saturated carbocycles. The molecule has 186 valence electrons. The van der Waals surface area contributed by atoms with Gasteiger partial charge in [-0.2, -0.15) is 11.8 Å². The third-order valence-corrected chi connectivity index (χ3v) is 7.19. The van der Waals surface area contributed by atoms with Crippen molar-refractivity contribution in [2.24, 2.45) is 0 Å². The Morgan fingerprint density at radius 3 is 2.29 bits per heavy atom. The van der Waals surface area contributed by atoms with Crippen molar-refractivity contribution < 1.29 is 9.53 Å². The quantitative estimate of drug-likeness (QED) is 0.191. The Kier molecular flexibility index (Phi) is 11.1. The maximum Gasteiger partial charge on any atom is 0.230 e. The highest BCUT2D eigenvalue weighted by Crippen LogP contribution is 2.30. The van der Waals surface area contributed by atoms with Gasteiger partial charge < -0.3 is 9.46 Å². The zero-order chi connectivity index (χ0) is 25.0. The number of thioether (sulfide) groups is 1. The number of carbonyl (C=O) groups is 1. The van der Waals surface area contributed by atoms with Crippen molar-refractivity contribution in [3.8, 4) is 16.9 Å². The van der Waals surface area contributed by atoms with Gasteiger partial charge in [-0.25, -0.2) is 0 Å². The van der Waals surface area contributed by atoms with Gasteiger partial charge in [-0.05, 0) is 109 Å². The molecule has 0 spiro atoms.